The minimum Gasteiger partial charge on any atom is -0.496 e. The van der Waals surface area contributed by atoms with E-state index in [1.54, 1.807) is 21.3 Å². The molecule has 1 aliphatic heterocycles. The van der Waals surface area contributed by atoms with E-state index in [1.807, 2.05) is 42.5 Å². The van der Waals surface area contributed by atoms with Crippen LogP contribution in [-0.4, -0.2) is 38.0 Å². The minimum absolute atomic E-state index is 0.134. The number of para-hydroxylation sites is 2. The third kappa shape index (κ3) is 3.10. The number of hydrogen-bond donors (Lipinski definition) is 0. The zero-order chi connectivity index (χ0) is 18.7. The topological polar surface area (TPSA) is 60.4 Å². The van der Waals surface area contributed by atoms with Crippen molar-refractivity contribution in [1.82, 2.24) is 5.01 Å². The van der Waals surface area contributed by atoms with Gasteiger partial charge in [0.25, 0.3) is 0 Å². The van der Waals surface area contributed by atoms with Crippen molar-refractivity contribution < 1.29 is 19.0 Å². The molecule has 1 atom stereocenters. The van der Waals surface area contributed by atoms with E-state index in [2.05, 4.69) is 5.10 Å². The molecule has 26 heavy (non-hydrogen) atoms. The fourth-order valence-corrected chi connectivity index (χ4v) is 3.26. The second-order valence-electron chi connectivity index (χ2n) is 5.91. The van der Waals surface area contributed by atoms with Crippen molar-refractivity contribution in [3.63, 3.8) is 0 Å². The molecule has 1 aliphatic rings. The predicted octanol–water partition coefficient (Wildman–Crippen LogP) is 3.41. The maximum Gasteiger partial charge on any atom is 0.240 e. The number of carbonyl (C=O) groups excluding carboxylic acids is 1. The van der Waals surface area contributed by atoms with Crippen LogP contribution in [0.5, 0.6) is 17.2 Å². The van der Waals surface area contributed by atoms with Crippen molar-refractivity contribution in [2.45, 2.75) is 19.4 Å². The van der Waals surface area contributed by atoms with E-state index < -0.39 is 0 Å². The molecule has 0 radical (unpaired) electrons. The Morgan fingerprint density at radius 3 is 2.35 bits per heavy atom. The fourth-order valence-electron chi connectivity index (χ4n) is 3.26. The van der Waals surface area contributed by atoms with Crippen LogP contribution in [0.15, 0.2) is 47.6 Å². The van der Waals surface area contributed by atoms with Crippen LogP contribution in [0, 0.1) is 0 Å². The molecule has 2 aromatic rings. The zero-order valence-electron chi connectivity index (χ0n) is 15.4. The van der Waals surface area contributed by atoms with E-state index in [-0.39, 0.29) is 11.9 Å². The first kappa shape index (κ1) is 17.8. The van der Waals surface area contributed by atoms with Crippen LogP contribution >= 0.6 is 0 Å². The Balaban J connectivity index is 2.05. The number of hydrogen-bond acceptors (Lipinski definition) is 5. The summed E-state index contributed by atoms with van der Waals surface area (Å²) in [4.78, 5) is 12.2. The lowest BCUT2D eigenvalue weighted by atomic mass is 9.97. The summed E-state index contributed by atoms with van der Waals surface area (Å²) in [6, 6.07) is 13.0. The quantitative estimate of drug-likeness (QED) is 0.826. The fraction of sp³-hybridized carbons (Fsp3) is 0.300. The van der Waals surface area contributed by atoms with Crippen molar-refractivity contribution in [3.05, 3.63) is 53.6 Å². The summed E-state index contributed by atoms with van der Waals surface area (Å²) < 4.78 is 16.4. The zero-order valence-corrected chi connectivity index (χ0v) is 15.4. The molecule has 0 bridgehead atoms. The normalized spacial score (nSPS) is 16.2. The van der Waals surface area contributed by atoms with Crippen molar-refractivity contribution in [2.24, 2.45) is 5.10 Å². The van der Waals surface area contributed by atoms with Gasteiger partial charge in [0.2, 0.25) is 5.91 Å². The average Bonchev–Trinajstić information content (AvgIpc) is 3.12. The lowest BCUT2D eigenvalue weighted by Gasteiger charge is -2.23. The Morgan fingerprint density at radius 1 is 1.00 bits per heavy atom. The monoisotopic (exact) mass is 354 g/mol. The number of rotatable bonds is 5. The first-order chi connectivity index (χ1) is 12.6. The highest BCUT2D eigenvalue weighted by molar-refractivity contribution is 6.05. The maximum atomic E-state index is 12.2. The average molecular weight is 354 g/mol. The van der Waals surface area contributed by atoms with Gasteiger partial charge in [-0.15, -0.1) is 0 Å². The van der Waals surface area contributed by atoms with E-state index >= 15 is 0 Å². The molecule has 136 valence electrons. The lowest BCUT2D eigenvalue weighted by Crippen LogP contribution is -2.24. The van der Waals surface area contributed by atoms with E-state index in [0.717, 1.165) is 22.6 Å². The third-order valence-corrected chi connectivity index (χ3v) is 4.44. The molecule has 3 rings (SSSR count). The van der Waals surface area contributed by atoms with Gasteiger partial charge in [0, 0.05) is 24.5 Å². The summed E-state index contributed by atoms with van der Waals surface area (Å²) in [6.45, 7) is 1.51. The molecule has 1 amide bonds. The molecule has 0 saturated carbocycles. The summed E-state index contributed by atoms with van der Waals surface area (Å²) in [5, 5.41) is 6.08. The van der Waals surface area contributed by atoms with Crippen LogP contribution in [0.3, 0.4) is 0 Å². The van der Waals surface area contributed by atoms with E-state index in [1.165, 1.54) is 11.9 Å². The van der Waals surface area contributed by atoms with Crippen LogP contribution in [0.4, 0.5) is 0 Å². The Hall–Kier alpha value is -3.02. The van der Waals surface area contributed by atoms with Crippen molar-refractivity contribution >= 4 is 11.6 Å². The van der Waals surface area contributed by atoms with Crippen LogP contribution in [0.25, 0.3) is 0 Å². The van der Waals surface area contributed by atoms with E-state index in [4.69, 9.17) is 14.2 Å². The Bertz CT molecular complexity index is 847. The standard InChI is InChI=1S/C20H22N2O4/c1-13(23)22-17(15-9-7-11-19(25-3)20(15)26-4)12-16(21-22)14-8-5-6-10-18(14)24-2/h5-11,17H,12H2,1-4H3. The number of amides is 1. The summed E-state index contributed by atoms with van der Waals surface area (Å²) >= 11 is 0. The lowest BCUT2D eigenvalue weighted by molar-refractivity contribution is -0.130. The van der Waals surface area contributed by atoms with Gasteiger partial charge < -0.3 is 14.2 Å². The van der Waals surface area contributed by atoms with Gasteiger partial charge in [0.15, 0.2) is 11.5 Å². The molecule has 0 aromatic heterocycles. The summed E-state index contributed by atoms with van der Waals surface area (Å²) in [6.07, 6.45) is 0.559. The van der Waals surface area contributed by atoms with Crippen molar-refractivity contribution in [2.75, 3.05) is 21.3 Å². The first-order valence-electron chi connectivity index (χ1n) is 8.32. The number of hydrazone groups is 1. The van der Waals surface area contributed by atoms with Crippen molar-refractivity contribution in [3.8, 4) is 17.2 Å². The molecule has 0 saturated heterocycles. The first-order valence-corrected chi connectivity index (χ1v) is 8.32. The summed E-state index contributed by atoms with van der Waals surface area (Å²) in [5.41, 5.74) is 2.54. The molecule has 0 fully saturated rings. The Morgan fingerprint density at radius 2 is 1.69 bits per heavy atom. The van der Waals surface area contributed by atoms with E-state index in [9.17, 15) is 4.79 Å². The molecule has 2 aromatic carbocycles. The molecule has 1 heterocycles. The van der Waals surface area contributed by atoms with Gasteiger partial charge in [-0.3, -0.25) is 4.79 Å². The largest absolute Gasteiger partial charge is 0.496 e. The number of carbonyl (C=O) groups is 1. The molecular weight excluding hydrogens is 332 g/mol. The van der Waals surface area contributed by atoms with Gasteiger partial charge in [0.05, 0.1) is 33.1 Å². The number of benzene rings is 2. The minimum atomic E-state index is -0.266. The highest BCUT2D eigenvalue weighted by Crippen LogP contribution is 2.42. The molecule has 0 aliphatic carbocycles. The van der Waals surface area contributed by atoms with Crippen molar-refractivity contribution in [1.29, 1.82) is 0 Å². The van der Waals surface area contributed by atoms with Gasteiger partial charge in [-0.2, -0.15) is 5.10 Å². The highest BCUT2D eigenvalue weighted by atomic mass is 16.5. The van der Waals surface area contributed by atoms with E-state index in [0.29, 0.717) is 17.9 Å². The molecule has 0 spiro atoms. The summed E-state index contributed by atoms with van der Waals surface area (Å²) in [5.74, 6) is 1.83. The smallest absolute Gasteiger partial charge is 0.240 e. The summed E-state index contributed by atoms with van der Waals surface area (Å²) in [7, 11) is 4.81. The van der Waals surface area contributed by atoms with Crippen LogP contribution in [0.1, 0.15) is 30.5 Å². The number of methoxy groups -OCH3 is 3. The number of ether oxygens (including phenoxy) is 3. The van der Waals surface area contributed by atoms with Gasteiger partial charge in [-0.25, -0.2) is 5.01 Å². The molecule has 6 nitrogen and oxygen atoms in total. The van der Waals surface area contributed by atoms with Gasteiger partial charge >= 0.3 is 0 Å². The Kier molecular flexibility index (Phi) is 5.11. The van der Waals surface area contributed by atoms with Gasteiger partial charge in [-0.1, -0.05) is 24.3 Å². The second-order valence-corrected chi connectivity index (χ2v) is 5.91. The second kappa shape index (κ2) is 7.47. The molecule has 1 unspecified atom stereocenters. The molecule has 6 heteroatoms. The third-order valence-electron chi connectivity index (χ3n) is 4.44. The predicted molar refractivity (Wildman–Crippen MR) is 99.0 cm³/mol. The molecule has 0 N–H and O–H groups in total. The van der Waals surface area contributed by atoms with Crippen LogP contribution < -0.4 is 14.2 Å². The molecular formula is C20H22N2O4. The van der Waals surface area contributed by atoms with Crippen LogP contribution in [-0.2, 0) is 4.79 Å². The number of nitrogens with zero attached hydrogens (tertiary/aromatic N) is 2. The van der Waals surface area contributed by atoms with Gasteiger partial charge in [-0.05, 0) is 18.2 Å². The SMILES string of the molecule is COc1ccccc1C1=NN(C(C)=O)C(c2cccc(OC)c2OC)C1. The van der Waals surface area contributed by atoms with Crippen LogP contribution in [0.2, 0.25) is 0 Å². The maximum absolute atomic E-state index is 12.2. The highest BCUT2D eigenvalue weighted by Gasteiger charge is 2.34. The Labute approximate surface area is 153 Å². The van der Waals surface area contributed by atoms with Gasteiger partial charge in [0.1, 0.15) is 5.75 Å².